The number of carbonyl (C=O) groups excluding carboxylic acids is 2. The van der Waals surface area contributed by atoms with Crippen LogP contribution in [0.1, 0.15) is 12.5 Å². The van der Waals surface area contributed by atoms with E-state index in [1.54, 1.807) is 30.1 Å². The summed E-state index contributed by atoms with van der Waals surface area (Å²) in [6.45, 7) is 3.57. The van der Waals surface area contributed by atoms with Crippen molar-refractivity contribution in [2.24, 2.45) is 5.92 Å². The number of carbonyl (C=O) groups is 2. The van der Waals surface area contributed by atoms with Gasteiger partial charge in [0, 0.05) is 36.4 Å². The van der Waals surface area contributed by atoms with Crippen LogP contribution in [0.5, 0.6) is 0 Å². The minimum atomic E-state index is -0.549. The van der Waals surface area contributed by atoms with Gasteiger partial charge >= 0.3 is 6.03 Å². The summed E-state index contributed by atoms with van der Waals surface area (Å²) in [7, 11) is 1.68. The molecule has 32 heavy (non-hydrogen) atoms. The third kappa shape index (κ3) is 3.43. The molecule has 0 aromatic heterocycles. The van der Waals surface area contributed by atoms with Crippen molar-refractivity contribution in [3.63, 3.8) is 0 Å². The smallest absolute Gasteiger partial charge is 0.328 e. The summed E-state index contributed by atoms with van der Waals surface area (Å²) in [6.07, 6.45) is -0.702. The molecule has 9 heteroatoms. The molecule has 7 nitrogen and oxygen atoms in total. The van der Waals surface area contributed by atoms with Gasteiger partial charge in [-0.05, 0) is 36.2 Å². The Hall–Kier alpha value is -2.68. The number of rotatable bonds is 3. The summed E-state index contributed by atoms with van der Waals surface area (Å²) in [5.74, 6) is -0.430. The van der Waals surface area contributed by atoms with Gasteiger partial charge in [-0.15, -0.1) is 0 Å². The number of hydrogen-bond acceptors (Lipinski definition) is 5. The maximum absolute atomic E-state index is 14.2. The molecule has 0 bridgehead atoms. The molecule has 2 aromatic rings. The van der Waals surface area contributed by atoms with Crippen molar-refractivity contribution >= 4 is 29.2 Å². The Morgan fingerprint density at radius 3 is 2.53 bits per heavy atom. The second-order valence-corrected chi connectivity index (χ2v) is 9.21. The first-order valence-corrected chi connectivity index (χ1v) is 11.1. The number of hydrogen-bond donors (Lipinski definition) is 1. The number of amides is 3. The Kier molecular flexibility index (Phi) is 5.31. The van der Waals surface area contributed by atoms with E-state index >= 15 is 0 Å². The van der Waals surface area contributed by atoms with E-state index in [1.807, 2.05) is 24.3 Å². The number of fused-ring (bicyclic) bond motifs is 3. The highest BCUT2D eigenvalue weighted by Gasteiger charge is 2.56. The minimum Gasteiger partial charge on any atom is -0.343 e. The van der Waals surface area contributed by atoms with Crippen molar-refractivity contribution in [2.45, 2.75) is 32.0 Å². The van der Waals surface area contributed by atoms with E-state index in [-0.39, 0.29) is 18.7 Å². The number of nitrogens with one attached hydrogen (secondary N) is 1. The Morgan fingerprint density at radius 1 is 1.09 bits per heavy atom. The Balaban J connectivity index is 1.46. The molecular weight excluding hydrogens is 433 g/mol. The summed E-state index contributed by atoms with van der Waals surface area (Å²) in [6, 6.07) is 12.9. The van der Waals surface area contributed by atoms with E-state index in [1.165, 1.54) is 6.07 Å². The molecule has 3 aliphatic rings. The van der Waals surface area contributed by atoms with Crippen molar-refractivity contribution in [1.82, 2.24) is 20.0 Å². The molecule has 0 aliphatic carbocycles. The van der Waals surface area contributed by atoms with E-state index in [9.17, 15) is 14.0 Å². The molecule has 5 rings (SSSR count). The molecule has 2 aromatic carbocycles. The maximum atomic E-state index is 14.2. The topological polar surface area (TPSA) is 59.1 Å². The van der Waals surface area contributed by atoms with Crippen molar-refractivity contribution < 1.29 is 14.0 Å². The van der Waals surface area contributed by atoms with Crippen molar-refractivity contribution in [1.29, 1.82) is 0 Å². The van der Waals surface area contributed by atoms with Gasteiger partial charge in [-0.25, -0.2) is 9.18 Å². The summed E-state index contributed by atoms with van der Waals surface area (Å²) in [5, 5.41) is 4.15. The average molecular weight is 458 g/mol. The van der Waals surface area contributed by atoms with Gasteiger partial charge in [0.05, 0.1) is 6.54 Å². The van der Waals surface area contributed by atoms with E-state index in [0.29, 0.717) is 23.0 Å². The first kappa shape index (κ1) is 21.2. The van der Waals surface area contributed by atoms with Crippen molar-refractivity contribution in [3.05, 3.63) is 64.9 Å². The van der Waals surface area contributed by atoms with Gasteiger partial charge < -0.3 is 9.80 Å². The zero-order valence-corrected chi connectivity index (χ0v) is 18.7. The molecule has 3 heterocycles. The highest BCUT2D eigenvalue weighted by Crippen LogP contribution is 2.35. The highest BCUT2D eigenvalue weighted by atomic mass is 35.5. The second-order valence-electron chi connectivity index (χ2n) is 8.77. The fraction of sp³-hybridized carbons (Fsp3) is 0.391. The quantitative estimate of drug-likeness (QED) is 0.768. The first-order chi connectivity index (χ1) is 15.3. The Bertz CT molecular complexity index is 1050. The predicted octanol–water partition coefficient (Wildman–Crippen LogP) is 2.91. The first-order valence-electron chi connectivity index (χ1n) is 10.7. The van der Waals surface area contributed by atoms with Crippen LogP contribution in [0.25, 0.3) is 0 Å². The normalized spacial score (nSPS) is 28.2. The van der Waals surface area contributed by atoms with Crippen LogP contribution >= 0.6 is 11.6 Å². The molecule has 168 valence electrons. The zero-order valence-electron chi connectivity index (χ0n) is 17.9. The SMILES string of the molecule is CC1CN(c2ccc(Cl)cc2)C2NC3C(C(=O)N(Cc4ccccc4F)C(=O)N3C)N2C1. The lowest BCUT2D eigenvalue weighted by Gasteiger charge is -2.46. The molecule has 0 spiro atoms. The lowest BCUT2D eigenvalue weighted by atomic mass is 10.0. The molecule has 3 amide bonds. The summed E-state index contributed by atoms with van der Waals surface area (Å²) >= 11 is 6.07. The number of likely N-dealkylation sites (N-methyl/N-ethyl adjacent to an activating group) is 1. The standard InChI is InChI=1S/C23H25ClFN5O2/c1-14-11-28(17-9-7-16(24)8-10-17)22-26-20-19(29(22)12-14)21(31)30(23(32)27(20)2)13-15-5-3-4-6-18(15)25/h3-10,14,19-20,22,26H,11-13H2,1-2H3. The fourth-order valence-electron chi connectivity index (χ4n) is 4.99. The average Bonchev–Trinajstić information content (AvgIpc) is 3.16. The summed E-state index contributed by atoms with van der Waals surface area (Å²) in [4.78, 5) is 33.7. The van der Waals surface area contributed by atoms with Gasteiger partial charge in [0.15, 0.2) is 0 Å². The van der Waals surface area contributed by atoms with Crippen LogP contribution in [0.15, 0.2) is 48.5 Å². The Labute approximate surface area is 191 Å². The van der Waals surface area contributed by atoms with Crippen LogP contribution in [-0.2, 0) is 11.3 Å². The molecular formula is C23H25ClFN5O2. The second kappa shape index (κ2) is 8.03. The van der Waals surface area contributed by atoms with Crippen molar-refractivity contribution in [3.8, 4) is 0 Å². The number of nitrogens with zero attached hydrogens (tertiary/aromatic N) is 4. The van der Waals surface area contributed by atoms with E-state index in [4.69, 9.17) is 11.6 Å². The molecule has 0 saturated carbocycles. The molecule has 0 radical (unpaired) electrons. The molecule has 4 unspecified atom stereocenters. The van der Waals surface area contributed by atoms with Gasteiger partial charge in [-0.2, -0.15) is 0 Å². The van der Waals surface area contributed by atoms with Gasteiger partial charge in [-0.1, -0.05) is 36.7 Å². The maximum Gasteiger partial charge on any atom is 0.328 e. The summed E-state index contributed by atoms with van der Waals surface area (Å²) < 4.78 is 14.2. The van der Waals surface area contributed by atoms with E-state index in [2.05, 4.69) is 22.0 Å². The zero-order chi connectivity index (χ0) is 22.6. The van der Waals surface area contributed by atoms with Gasteiger partial charge in [0.25, 0.3) is 5.91 Å². The molecule has 4 atom stereocenters. The van der Waals surface area contributed by atoms with Gasteiger partial charge in [0.2, 0.25) is 0 Å². The van der Waals surface area contributed by atoms with Crippen LogP contribution < -0.4 is 10.2 Å². The van der Waals surface area contributed by atoms with Crippen LogP contribution in [-0.4, -0.2) is 65.3 Å². The van der Waals surface area contributed by atoms with Crippen LogP contribution in [0.4, 0.5) is 14.9 Å². The summed E-state index contributed by atoms with van der Waals surface area (Å²) in [5.41, 5.74) is 1.31. The van der Waals surface area contributed by atoms with Crippen LogP contribution in [0.3, 0.4) is 0 Å². The lowest BCUT2D eigenvalue weighted by Crippen LogP contribution is -2.66. The molecule has 3 aliphatic heterocycles. The van der Waals surface area contributed by atoms with Gasteiger partial charge in [-0.3, -0.25) is 19.9 Å². The van der Waals surface area contributed by atoms with E-state index in [0.717, 1.165) is 17.1 Å². The number of halogens is 2. The Morgan fingerprint density at radius 2 is 1.81 bits per heavy atom. The van der Waals surface area contributed by atoms with Crippen molar-refractivity contribution in [2.75, 3.05) is 25.0 Å². The number of benzene rings is 2. The molecule has 1 N–H and O–H groups in total. The minimum absolute atomic E-state index is 0.0904. The largest absolute Gasteiger partial charge is 0.343 e. The molecule has 3 fully saturated rings. The monoisotopic (exact) mass is 457 g/mol. The lowest BCUT2D eigenvalue weighted by molar-refractivity contribution is -0.139. The van der Waals surface area contributed by atoms with Gasteiger partial charge in [0.1, 0.15) is 24.3 Å². The number of imide groups is 1. The third-order valence-electron chi connectivity index (χ3n) is 6.53. The van der Waals surface area contributed by atoms with E-state index < -0.39 is 24.1 Å². The highest BCUT2D eigenvalue weighted by molar-refractivity contribution is 6.30. The number of anilines is 1. The molecule has 3 saturated heterocycles. The third-order valence-corrected chi connectivity index (χ3v) is 6.78. The van der Waals surface area contributed by atoms with Crippen LogP contribution in [0, 0.1) is 11.7 Å². The van der Waals surface area contributed by atoms with Crippen LogP contribution in [0.2, 0.25) is 5.02 Å². The fourth-order valence-corrected chi connectivity index (χ4v) is 5.12. The predicted molar refractivity (Wildman–Crippen MR) is 119 cm³/mol. The number of urea groups is 1.